The Hall–Kier alpha value is -3.41. The molecule has 6 nitrogen and oxygen atoms in total. The highest BCUT2D eigenvalue weighted by atomic mass is 16.6. The maximum absolute atomic E-state index is 12.9. The fourth-order valence-electron chi connectivity index (χ4n) is 9.57. The van der Waals surface area contributed by atoms with Crippen LogP contribution in [0.4, 0.5) is 0 Å². The van der Waals surface area contributed by atoms with Crippen LogP contribution in [0.1, 0.15) is 335 Å². The van der Waals surface area contributed by atoms with Gasteiger partial charge in [-0.1, -0.05) is 292 Å². The molecule has 1 unspecified atom stereocenters. The fourth-order valence-corrected chi connectivity index (χ4v) is 9.57. The van der Waals surface area contributed by atoms with E-state index in [9.17, 15) is 14.4 Å². The third-order valence-electron chi connectivity index (χ3n) is 14.6. The summed E-state index contributed by atoms with van der Waals surface area (Å²) < 4.78 is 16.9. The average Bonchev–Trinajstić information content (AvgIpc) is 3.44. The zero-order valence-electron chi connectivity index (χ0n) is 51.7. The Kier molecular flexibility index (Phi) is 63.2. The number of hydrogen-bond acceptors (Lipinski definition) is 6. The first-order valence-corrected chi connectivity index (χ1v) is 33.6. The Labute approximate surface area is 484 Å². The van der Waals surface area contributed by atoms with Gasteiger partial charge < -0.3 is 14.2 Å². The van der Waals surface area contributed by atoms with E-state index in [0.717, 1.165) is 103 Å². The van der Waals surface area contributed by atoms with Crippen LogP contribution in [0, 0.1) is 0 Å². The van der Waals surface area contributed by atoms with E-state index >= 15 is 0 Å². The van der Waals surface area contributed by atoms with Gasteiger partial charge in [-0.3, -0.25) is 14.4 Å². The van der Waals surface area contributed by atoms with Gasteiger partial charge in [0.2, 0.25) is 0 Å². The van der Waals surface area contributed by atoms with E-state index in [1.54, 1.807) is 0 Å². The molecule has 0 radical (unpaired) electrons. The fraction of sp³-hybridized carbons (Fsp3) is 0.764. The van der Waals surface area contributed by atoms with Crippen LogP contribution in [0.5, 0.6) is 0 Å². The second-order valence-electron chi connectivity index (χ2n) is 22.3. The van der Waals surface area contributed by atoms with E-state index < -0.39 is 6.10 Å². The van der Waals surface area contributed by atoms with Crippen LogP contribution in [-0.2, 0) is 28.6 Å². The Balaban J connectivity index is 4.20. The van der Waals surface area contributed by atoms with Crippen molar-refractivity contribution in [2.75, 3.05) is 13.2 Å². The summed E-state index contributed by atoms with van der Waals surface area (Å²) in [7, 11) is 0. The topological polar surface area (TPSA) is 78.9 Å². The van der Waals surface area contributed by atoms with Gasteiger partial charge in [0.1, 0.15) is 13.2 Å². The predicted octanol–water partition coefficient (Wildman–Crippen LogP) is 23.1. The molecule has 0 heterocycles. The molecule has 0 aromatic rings. The minimum Gasteiger partial charge on any atom is -0.462 e. The molecular weight excluding hydrogens is 961 g/mol. The zero-order valence-corrected chi connectivity index (χ0v) is 51.7. The van der Waals surface area contributed by atoms with Crippen LogP contribution in [0.25, 0.3) is 0 Å². The van der Waals surface area contributed by atoms with Crippen molar-refractivity contribution in [2.24, 2.45) is 0 Å². The van der Waals surface area contributed by atoms with Crippen molar-refractivity contribution in [1.82, 2.24) is 0 Å². The van der Waals surface area contributed by atoms with Gasteiger partial charge in [-0.2, -0.15) is 0 Å². The van der Waals surface area contributed by atoms with Gasteiger partial charge in [-0.25, -0.2) is 0 Å². The Morgan fingerprint density at radius 2 is 0.513 bits per heavy atom. The number of ether oxygens (including phenoxy) is 3. The summed E-state index contributed by atoms with van der Waals surface area (Å²) in [4.78, 5) is 38.3. The molecule has 0 bridgehead atoms. The summed E-state index contributed by atoms with van der Waals surface area (Å²) in [6.45, 7) is 6.47. The molecule has 1 atom stereocenters. The van der Waals surface area contributed by atoms with Crippen molar-refractivity contribution in [3.63, 3.8) is 0 Å². The monoisotopic (exact) mass is 1090 g/mol. The molecule has 0 fully saturated rings. The van der Waals surface area contributed by atoms with Crippen LogP contribution in [0.2, 0.25) is 0 Å². The molecule has 450 valence electrons. The van der Waals surface area contributed by atoms with Crippen molar-refractivity contribution in [3.05, 3.63) is 85.1 Å². The molecule has 0 spiro atoms. The van der Waals surface area contributed by atoms with E-state index in [4.69, 9.17) is 14.2 Å². The molecule has 0 aliphatic heterocycles. The number of carbonyl (C=O) groups excluding carboxylic acids is 3. The van der Waals surface area contributed by atoms with Crippen molar-refractivity contribution >= 4 is 17.9 Å². The molecule has 0 aromatic carbocycles. The first-order chi connectivity index (χ1) is 38.5. The van der Waals surface area contributed by atoms with Crippen molar-refractivity contribution in [1.29, 1.82) is 0 Å². The lowest BCUT2D eigenvalue weighted by Gasteiger charge is -2.18. The largest absolute Gasteiger partial charge is 0.462 e. The van der Waals surface area contributed by atoms with Crippen LogP contribution >= 0.6 is 0 Å². The number of unbranched alkanes of at least 4 members (excludes halogenated alkanes) is 36. The number of hydrogen-bond donors (Lipinski definition) is 0. The summed E-state index contributed by atoms with van der Waals surface area (Å²) in [5.41, 5.74) is 0. The average molecular weight is 1090 g/mol. The first kappa shape index (κ1) is 74.6. The zero-order chi connectivity index (χ0) is 56.4. The lowest BCUT2D eigenvalue weighted by atomic mass is 10.0. The van der Waals surface area contributed by atoms with Crippen LogP contribution < -0.4 is 0 Å². The molecule has 0 saturated carbocycles. The first-order valence-electron chi connectivity index (χ1n) is 33.6. The number of allylic oxidation sites excluding steroid dienone is 14. The standard InChI is InChI=1S/C72H126O6/c1-4-7-10-13-16-19-22-25-28-29-30-31-32-33-34-35-36-37-38-39-40-41-42-43-45-47-50-53-56-59-62-65-71(74)77-68-69(67-76-70(73)64-61-58-55-52-49-46-27-24-21-18-15-12-9-6-3)78-72(75)66-63-60-57-54-51-48-44-26-23-20-17-14-11-8-5-2/h8,11,15,17-18,20,24,26-27,29-30,44,51,54,69H,4-7,9-10,12-14,16,19,21-23,25,28,31-43,45-50,52-53,55-68H2,1-3H3/b11-8-,18-15-,20-17-,27-24-,30-29-,44-26-,54-51-. The van der Waals surface area contributed by atoms with E-state index in [1.807, 2.05) is 0 Å². The summed E-state index contributed by atoms with van der Waals surface area (Å²) in [6, 6.07) is 0. The van der Waals surface area contributed by atoms with Crippen molar-refractivity contribution in [2.45, 2.75) is 341 Å². The molecule has 0 aliphatic rings. The van der Waals surface area contributed by atoms with Gasteiger partial charge >= 0.3 is 17.9 Å². The summed E-state index contributed by atoms with van der Waals surface area (Å²) in [5, 5.41) is 0. The van der Waals surface area contributed by atoms with Crippen molar-refractivity contribution in [3.8, 4) is 0 Å². The van der Waals surface area contributed by atoms with Gasteiger partial charge in [0, 0.05) is 19.3 Å². The normalized spacial score (nSPS) is 12.6. The minimum absolute atomic E-state index is 0.0958. The number of rotatable bonds is 61. The molecule has 0 aromatic heterocycles. The van der Waals surface area contributed by atoms with Crippen molar-refractivity contribution < 1.29 is 28.6 Å². The highest BCUT2D eigenvalue weighted by molar-refractivity contribution is 5.71. The van der Waals surface area contributed by atoms with Gasteiger partial charge in [-0.05, 0) is 109 Å². The number of carbonyl (C=O) groups is 3. The van der Waals surface area contributed by atoms with Crippen LogP contribution in [0.15, 0.2) is 85.1 Å². The molecule has 0 amide bonds. The lowest BCUT2D eigenvalue weighted by molar-refractivity contribution is -0.167. The summed E-state index contributed by atoms with van der Waals surface area (Å²) >= 11 is 0. The summed E-state index contributed by atoms with van der Waals surface area (Å²) in [5.74, 6) is -0.941. The van der Waals surface area contributed by atoms with Crippen LogP contribution in [-0.4, -0.2) is 37.2 Å². The SMILES string of the molecule is CC/C=C\C/C=C\C/C=C\C/C=C\CCCCC(=O)OC(COC(=O)CCCCCCC/C=C\C/C=C\CCCC)COC(=O)CCCCCCCCCCCCCCCCCCCCC/C=C\CCCCCCCCCC. The van der Waals surface area contributed by atoms with Crippen LogP contribution in [0.3, 0.4) is 0 Å². The predicted molar refractivity (Wildman–Crippen MR) is 339 cm³/mol. The lowest BCUT2D eigenvalue weighted by Crippen LogP contribution is -2.30. The smallest absolute Gasteiger partial charge is 0.306 e. The van der Waals surface area contributed by atoms with Gasteiger partial charge in [-0.15, -0.1) is 0 Å². The number of esters is 3. The van der Waals surface area contributed by atoms with Gasteiger partial charge in [0.15, 0.2) is 6.10 Å². The molecular formula is C72H126O6. The van der Waals surface area contributed by atoms with E-state index in [1.165, 1.54) is 186 Å². The van der Waals surface area contributed by atoms with E-state index in [-0.39, 0.29) is 37.5 Å². The third kappa shape index (κ3) is 63.4. The van der Waals surface area contributed by atoms with E-state index in [2.05, 4.69) is 106 Å². The van der Waals surface area contributed by atoms with Gasteiger partial charge in [0.05, 0.1) is 0 Å². The molecule has 0 saturated heterocycles. The van der Waals surface area contributed by atoms with E-state index in [0.29, 0.717) is 19.3 Å². The van der Waals surface area contributed by atoms with Gasteiger partial charge in [0.25, 0.3) is 0 Å². The molecule has 6 heteroatoms. The maximum Gasteiger partial charge on any atom is 0.306 e. The Morgan fingerprint density at radius 1 is 0.269 bits per heavy atom. The quantitative estimate of drug-likeness (QED) is 0.0261. The Bertz CT molecular complexity index is 1480. The Morgan fingerprint density at radius 3 is 0.859 bits per heavy atom. The second kappa shape index (κ2) is 66.1. The minimum atomic E-state index is -0.804. The second-order valence-corrected chi connectivity index (χ2v) is 22.3. The highest BCUT2D eigenvalue weighted by Gasteiger charge is 2.19. The molecule has 0 N–H and O–H groups in total. The highest BCUT2D eigenvalue weighted by Crippen LogP contribution is 2.17. The molecule has 0 aliphatic carbocycles. The molecule has 78 heavy (non-hydrogen) atoms. The molecule has 0 rings (SSSR count). The summed E-state index contributed by atoms with van der Waals surface area (Å²) in [6.07, 6.45) is 87.7. The maximum atomic E-state index is 12.9. The third-order valence-corrected chi connectivity index (χ3v) is 14.6.